The summed E-state index contributed by atoms with van der Waals surface area (Å²) in [5.74, 6) is 1.50. The van der Waals surface area contributed by atoms with Crippen LogP contribution in [-0.4, -0.2) is 56.8 Å². The summed E-state index contributed by atoms with van der Waals surface area (Å²) in [5, 5.41) is 2.94. The summed E-state index contributed by atoms with van der Waals surface area (Å²) in [7, 11) is 2.07. The number of hydrogen-bond donors (Lipinski definition) is 1. The van der Waals surface area contributed by atoms with E-state index in [4.69, 9.17) is 9.47 Å². The van der Waals surface area contributed by atoms with Gasteiger partial charge in [0, 0.05) is 25.2 Å². The average molecular weight is 304 g/mol. The van der Waals surface area contributed by atoms with Gasteiger partial charge < -0.3 is 19.7 Å². The predicted octanol–water partition coefficient (Wildman–Crippen LogP) is 1.54. The molecular formula is C17H24N2O3. The molecule has 1 heterocycles. The summed E-state index contributed by atoms with van der Waals surface area (Å²) < 4.78 is 11.3. The summed E-state index contributed by atoms with van der Waals surface area (Å²) in [6.45, 7) is 3.87. The quantitative estimate of drug-likeness (QED) is 0.866. The molecule has 2 fully saturated rings. The third-order valence-electron chi connectivity index (χ3n) is 4.13. The first-order valence-corrected chi connectivity index (χ1v) is 8.02. The SMILES string of the molecule is CN1CCO[C@H](CNC(=O)c2ccc(OCC3CC3)cc2)C1. The van der Waals surface area contributed by atoms with Crippen LogP contribution >= 0.6 is 0 Å². The molecule has 120 valence electrons. The molecule has 22 heavy (non-hydrogen) atoms. The van der Waals surface area contributed by atoms with Crippen LogP contribution in [0.2, 0.25) is 0 Å². The summed E-state index contributed by atoms with van der Waals surface area (Å²) in [4.78, 5) is 14.3. The molecule has 3 rings (SSSR count). The normalized spacial score (nSPS) is 22.3. The Bertz CT molecular complexity index is 499. The number of amides is 1. The van der Waals surface area contributed by atoms with Crippen molar-refractivity contribution in [3.8, 4) is 5.75 Å². The molecule has 1 aromatic carbocycles. The molecule has 1 saturated heterocycles. The Morgan fingerprint density at radius 1 is 1.36 bits per heavy atom. The van der Waals surface area contributed by atoms with Crippen molar-refractivity contribution in [3.05, 3.63) is 29.8 Å². The standard InChI is InChI=1S/C17H24N2O3/c1-19-8-9-21-16(11-19)10-18-17(20)14-4-6-15(7-5-14)22-12-13-2-3-13/h4-7,13,16H,2-3,8-12H2,1H3,(H,18,20)/t16-/m1/s1. The van der Waals surface area contributed by atoms with E-state index in [-0.39, 0.29) is 12.0 Å². The van der Waals surface area contributed by atoms with E-state index < -0.39 is 0 Å². The summed E-state index contributed by atoms with van der Waals surface area (Å²) >= 11 is 0. The largest absolute Gasteiger partial charge is 0.493 e. The maximum atomic E-state index is 12.1. The van der Waals surface area contributed by atoms with E-state index in [0.717, 1.165) is 38.0 Å². The fourth-order valence-corrected chi connectivity index (χ4v) is 2.50. The maximum absolute atomic E-state index is 12.1. The molecule has 1 amide bonds. The van der Waals surface area contributed by atoms with E-state index in [2.05, 4.69) is 17.3 Å². The molecule has 0 bridgehead atoms. The lowest BCUT2D eigenvalue weighted by Gasteiger charge is -2.30. The number of hydrogen-bond acceptors (Lipinski definition) is 4. The number of nitrogens with one attached hydrogen (secondary N) is 1. The summed E-state index contributed by atoms with van der Waals surface area (Å²) in [5.41, 5.74) is 0.655. The van der Waals surface area contributed by atoms with Gasteiger partial charge in [-0.3, -0.25) is 4.79 Å². The number of nitrogens with zero attached hydrogens (tertiary/aromatic N) is 1. The lowest BCUT2D eigenvalue weighted by molar-refractivity contribution is -0.0175. The van der Waals surface area contributed by atoms with Gasteiger partial charge in [-0.15, -0.1) is 0 Å². The van der Waals surface area contributed by atoms with Gasteiger partial charge in [-0.25, -0.2) is 0 Å². The second-order valence-corrected chi connectivity index (χ2v) is 6.24. The van der Waals surface area contributed by atoms with Gasteiger partial charge in [0.2, 0.25) is 0 Å². The van der Waals surface area contributed by atoms with Crippen molar-refractivity contribution >= 4 is 5.91 Å². The zero-order valence-electron chi connectivity index (χ0n) is 13.1. The van der Waals surface area contributed by atoms with Crippen molar-refractivity contribution in [2.24, 2.45) is 5.92 Å². The lowest BCUT2D eigenvalue weighted by atomic mass is 10.2. The molecule has 0 unspecified atom stereocenters. The number of likely N-dealkylation sites (N-methyl/N-ethyl adjacent to an activating group) is 1. The van der Waals surface area contributed by atoms with Gasteiger partial charge in [-0.1, -0.05) is 0 Å². The highest BCUT2D eigenvalue weighted by atomic mass is 16.5. The molecule has 1 saturated carbocycles. The smallest absolute Gasteiger partial charge is 0.251 e. The van der Waals surface area contributed by atoms with E-state index in [0.29, 0.717) is 12.1 Å². The van der Waals surface area contributed by atoms with E-state index >= 15 is 0 Å². The Balaban J connectivity index is 1.44. The van der Waals surface area contributed by atoms with Crippen LogP contribution in [0.1, 0.15) is 23.2 Å². The Kier molecular flexibility index (Phi) is 4.95. The number of ether oxygens (including phenoxy) is 2. The molecule has 1 atom stereocenters. The van der Waals surface area contributed by atoms with Gasteiger partial charge in [0.1, 0.15) is 5.75 Å². The van der Waals surface area contributed by atoms with E-state index in [1.807, 2.05) is 24.3 Å². The first kappa shape index (κ1) is 15.3. The molecule has 1 aromatic rings. The zero-order valence-corrected chi connectivity index (χ0v) is 13.1. The van der Waals surface area contributed by atoms with Crippen molar-refractivity contribution in [3.63, 3.8) is 0 Å². The van der Waals surface area contributed by atoms with Crippen molar-refractivity contribution in [2.75, 3.05) is 39.9 Å². The van der Waals surface area contributed by atoms with Crippen LogP contribution in [0.4, 0.5) is 0 Å². The summed E-state index contributed by atoms with van der Waals surface area (Å²) in [6, 6.07) is 7.35. The lowest BCUT2D eigenvalue weighted by Crippen LogP contribution is -2.45. The van der Waals surface area contributed by atoms with Crippen LogP contribution in [-0.2, 0) is 4.74 Å². The van der Waals surface area contributed by atoms with Crippen LogP contribution in [0.3, 0.4) is 0 Å². The number of carbonyl (C=O) groups is 1. The van der Waals surface area contributed by atoms with Gasteiger partial charge in [0.25, 0.3) is 5.91 Å². The zero-order chi connectivity index (χ0) is 15.4. The molecule has 0 aromatic heterocycles. The topological polar surface area (TPSA) is 50.8 Å². The Labute approximate surface area is 131 Å². The van der Waals surface area contributed by atoms with E-state index in [1.165, 1.54) is 12.8 Å². The van der Waals surface area contributed by atoms with Crippen LogP contribution in [0, 0.1) is 5.92 Å². The number of morpholine rings is 1. The predicted molar refractivity (Wildman–Crippen MR) is 84.2 cm³/mol. The molecule has 1 aliphatic heterocycles. The molecule has 5 nitrogen and oxygen atoms in total. The summed E-state index contributed by atoms with van der Waals surface area (Å²) in [6.07, 6.45) is 2.63. The fourth-order valence-electron chi connectivity index (χ4n) is 2.50. The highest BCUT2D eigenvalue weighted by Crippen LogP contribution is 2.29. The minimum atomic E-state index is -0.0643. The maximum Gasteiger partial charge on any atom is 0.251 e. The number of rotatable bonds is 6. The second kappa shape index (κ2) is 7.11. The van der Waals surface area contributed by atoms with Crippen LogP contribution in [0.15, 0.2) is 24.3 Å². The second-order valence-electron chi connectivity index (χ2n) is 6.24. The highest BCUT2D eigenvalue weighted by molar-refractivity contribution is 5.94. The third kappa shape index (κ3) is 4.45. The molecular weight excluding hydrogens is 280 g/mol. The van der Waals surface area contributed by atoms with Gasteiger partial charge in [0.15, 0.2) is 0 Å². The Morgan fingerprint density at radius 2 is 2.14 bits per heavy atom. The Hall–Kier alpha value is -1.59. The number of benzene rings is 1. The van der Waals surface area contributed by atoms with E-state index in [1.54, 1.807) is 0 Å². The van der Waals surface area contributed by atoms with Gasteiger partial charge >= 0.3 is 0 Å². The van der Waals surface area contributed by atoms with Crippen molar-refractivity contribution in [1.82, 2.24) is 10.2 Å². The molecule has 5 heteroatoms. The van der Waals surface area contributed by atoms with Gasteiger partial charge in [-0.2, -0.15) is 0 Å². The van der Waals surface area contributed by atoms with Crippen molar-refractivity contribution < 1.29 is 14.3 Å². The Morgan fingerprint density at radius 3 is 2.82 bits per heavy atom. The number of carbonyl (C=O) groups excluding carboxylic acids is 1. The van der Waals surface area contributed by atoms with Gasteiger partial charge in [0.05, 0.1) is 19.3 Å². The van der Waals surface area contributed by atoms with Crippen LogP contribution in [0.5, 0.6) is 5.75 Å². The minimum Gasteiger partial charge on any atom is -0.493 e. The molecule has 1 aliphatic carbocycles. The van der Waals surface area contributed by atoms with E-state index in [9.17, 15) is 4.79 Å². The average Bonchev–Trinajstić information content (AvgIpc) is 3.35. The van der Waals surface area contributed by atoms with Crippen LogP contribution in [0.25, 0.3) is 0 Å². The molecule has 2 aliphatic rings. The first-order valence-electron chi connectivity index (χ1n) is 8.02. The van der Waals surface area contributed by atoms with Crippen LogP contribution < -0.4 is 10.1 Å². The van der Waals surface area contributed by atoms with Crippen molar-refractivity contribution in [1.29, 1.82) is 0 Å². The van der Waals surface area contributed by atoms with Crippen molar-refractivity contribution in [2.45, 2.75) is 18.9 Å². The minimum absolute atomic E-state index is 0.0643. The third-order valence-corrected chi connectivity index (χ3v) is 4.13. The molecule has 0 spiro atoms. The molecule has 0 radical (unpaired) electrons. The first-order chi connectivity index (χ1) is 10.7. The monoisotopic (exact) mass is 304 g/mol. The van der Waals surface area contributed by atoms with Gasteiger partial charge in [-0.05, 0) is 50.1 Å². The fraction of sp³-hybridized carbons (Fsp3) is 0.588. The molecule has 1 N–H and O–H groups in total. The highest BCUT2D eigenvalue weighted by Gasteiger charge is 2.22.